The number of nitrogens with zero attached hydrogens (tertiary/aromatic N) is 1. The first-order valence-corrected chi connectivity index (χ1v) is 9.19. The van der Waals surface area contributed by atoms with Gasteiger partial charge in [-0.2, -0.15) is 0 Å². The summed E-state index contributed by atoms with van der Waals surface area (Å²) in [6, 6.07) is 0. The Morgan fingerprint density at radius 3 is 2.04 bits per heavy atom. The summed E-state index contributed by atoms with van der Waals surface area (Å²) in [5.74, 6) is -1.80. The van der Waals surface area contributed by atoms with E-state index in [-0.39, 0.29) is 35.9 Å². The molecule has 2 fully saturated rings. The van der Waals surface area contributed by atoms with Crippen molar-refractivity contribution in [1.29, 1.82) is 0 Å². The molecule has 25 heavy (non-hydrogen) atoms. The van der Waals surface area contributed by atoms with Crippen molar-refractivity contribution in [2.24, 2.45) is 11.8 Å². The van der Waals surface area contributed by atoms with Crippen molar-refractivity contribution in [1.82, 2.24) is 5.06 Å². The van der Waals surface area contributed by atoms with E-state index in [1.165, 1.54) is 0 Å². The van der Waals surface area contributed by atoms with E-state index in [4.69, 9.17) is 4.84 Å². The standard InChI is InChI=1S/C19H27NO5/c1-13(2)16(21)11-5-3-4-6-12-17(22)25-20-18(23)14-9-7-8-10-15(14)19(20)24/h14-15H,1,3-12H2,2H3. The van der Waals surface area contributed by atoms with E-state index in [1.807, 2.05) is 0 Å². The fourth-order valence-corrected chi connectivity index (χ4v) is 3.49. The minimum atomic E-state index is -0.543. The van der Waals surface area contributed by atoms with Crippen LogP contribution in [-0.4, -0.2) is 28.6 Å². The summed E-state index contributed by atoms with van der Waals surface area (Å²) in [6.07, 6.45) is 6.96. The highest BCUT2D eigenvalue weighted by Gasteiger charge is 2.50. The molecule has 1 aliphatic carbocycles. The van der Waals surface area contributed by atoms with Crippen LogP contribution in [0.2, 0.25) is 0 Å². The molecule has 0 aromatic rings. The maximum Gasteiger partial charge on any atom is 0.333 e. The van der Waals surface area contributed by atoms with Crippen LogP contribution in [0.15, 0.2) is 12.2 Å². The molecule has 6 heteroatoms. The van der Waals surface area contributed by atoms with Gasteiger partial charge in [0, 0.05) is 12.8 Å². The lowest BCUT2D eigenvalue weighted by molar-refractivity contribution is -0.198. The SMILES string of the molecule is C=C(C)C(=O)CCCCCCC(=O)ON1C(=O)C2CCCCC2C1=O. The number of carbonyl (C=O) groups is 4. The zero-order valence-corrected chi connectivity index (χ0v) is 14.9. The summed E-state index contributed by atoms with van der Waals surface area (Å²) in [7, 11) is 0. The van der Waals surface area contributed by atoms with Crippen LogP contribution in [0.3, 0.4) is 0 Å². The van der Waals surface area contributed by atoms with Gasteiger partial charge in [-0.3, -0.25) is 14.4 Å². The number of ketones is 1. The van der Waals surface area contributed by atoms with E-state index in [1.54, 1.807) is 6.92 Å². The summed E-state index contributed by atoms with van der Waals surface area (Å²) < 4.78 is 0. The van der Waals surface area contributed by atoms with Crippen molar-refractivity contribution in [3.63, 3.8) is 0 Å². The Morgan fingerprint density at radius 2 is 1.52 bits per heavy atom. The number of amides is 2. The third-order valence-electron chi connectivity index (χ3n) is 5.00. The maximum absolute atomic E-state index is 12.2. The van der Waals surface area contributed by atoms with Crippen LogP contribution in [0.1, 0.15) is 71.1 Å². The second kappa shape index (κ2) is 8.92. The molecule has 6 nitrogen and oxygen atoms in total. The van der Waals surface area contributed by atoms with Gasteiger partial charge in [0.05, 0.1) is 11.8 Å². The largest absolute Gasteiger partial charge is 0.333 e. The predicted octanol–water partition coefficient (Wildman–Crippen LogP) is 3.11. The zero-order valence-electron chi connectivity index (χ0n) is 14.9. The first-order valence-electron chi connectivity index (χ1n) is 9.19. The van der Waals surface area contributed by atoms with Crippen molar-refractivity contribution < 1.29 is 24.0 Å². The second-order valence-electron chi connectivity index (χ2n) is 7.05. The minimum absolute atomic E-state index is 0.0759. The molecule has 2 rings (SSSR count). The van der Waals surface area contributed by atoms with Crippen LogP contribution in [0.25, 0.3) is 0 Å². The number of unbranched alkanes of at least 4 members (excludes halogenated alkanes) is 3. The molecule has 0 radical (unpaired) electrons. The fraction of sp³-hybridized carbons (Fsp3) is 0.684. The average Bonchev–Trinajstić information content (AvgIpc) is 2.83. The highest BCUT2D eigenvalue weighted by molar-refractivity contribution is 6.04. The Kier molecular flexibility index (Phi) is 6.91. The van der Waals surface area contributed by atoms with Gasteiger partial charge in [0.15, 0.2) is 5.78 Å². The molecule has 0 aromatic carbocycles. The smallest absolute Gasteiger partial charge is 0.330 e. The number of rotatable bonds is 9. The molecular weight excluding hydrogens is 322 g/mol. The number of carbonyl (C=O) groups excluding carboxylic acids is 4. The van der Waals surface area contributed by atoms with Crippen LogP contribution >= 0.6 is 0 Å². The number of fused-ring (bicyclic) bond motifs is 1. The Morgan fingerprint density at radius 1 is 1.00 bits per heavy atom. The van der Waals surface area contributed by atoms with E-state index in [9.17, 15) is 19.2 Å². The Bertz CT molecular complexity index is 544. The lowest BCUT2D eigenvalue weighted by Crippen LogP contribution is -2.33. The summed E-state index contributed by atoms with van der Waals surface area (Å²) in [5, 5.41) is 0.703. The molecule has 1 aliphatic heterocycles. The van der Waals surface area contributed by atoms with Gasteiger partial charge in [-0.05, 0) is 38.2 Å². The molecule has 2 unspecified atom stereocenters. The lowest BCUT2D eigenvalue weighted by Gasteiger charge is -2.19. The van der Waals surface area contributed by atoms with Gasteiger partial charge in [0.1, 0.15) is 0 Å². The van der Waals surface area contributed by atoms with Gasteiger partial charge < -0.3 is 4.84 Å². The molecule has 0 N–H and O–H groups in total. The number of hydrogen-bond acceptors (Lipinski definition) is 5. The molecule has 0 bridgehead atoms. The monoisotopic (exact) mass is 349 g/mol. The fourth-order valence-electron chi connectivity index (χ4n) is 3.49. The predicted molar refractivity (Wildman–Crippen MR) is 90.9 cm³/mol. The van der Waals surface area contributed by atoms with Crippen LogP contribution in [-0.2, 0) is 24.0 Å². The van der Waals surface area contributed by atoms with Gasteiger partial charge in [-0.25, -0.2) is 4.79 Å². The Hall–Kier alpha value is -1.98. The minimum Gasteiger partial charge on any atom is -0.330 e. The van der Waals surface area contributed by atoms with Gasteiger partial charge in [0.2, 0.25) is 0 Å². The first-order chi connectivity index (χ1) is 11.9. The van der Waals surface area contributed by atoms with Crippen LogP contribution in [0.5, 0.6) is 0 Å². The summed E-state index contributed by atoms with van der Waals surface area (Å²) >= 11 is 0. The number of hydroxylamine groups is 2. The molecule has 1 heterocycles. The summed E-state index contributed by atoms with van der Waals surface area (Å²) in [5.41, 5.74) is 0.573. The molecule has 2 atom stereocenters. The van der Waals surface area contributed by atoms with E-state index in [0.29, 0.717) is 36.3 Å². The van der Waals surface area contributed by atoms with Gasteiger partial charge in [-0.15, -0.1) is 5.06 Å². The van der Waals surface area contributed by atoms with Crippen molar-refractivity contribution in [2.45, 2.75) is 71.1 Å². The Labute approximate surface area is 148 Å². The first kappa shape index (κ1) is 19.3. The molecule has 1 saturated carbocycles. The van der Waals surface area contributed by atoms with Gasteiger partial charge in [0.25, 0.3) is 11.8 Å². The van der Waals surface area contributed by atoms with Gasteiger partial charge in [-0.1, -0.05) is 32.3 Å². The molecule has 2 aliphatic rings. The molecular formula is C19H27NO5. The van der Waals surface area contributed by atoms with Crippen molar-refractivity contribution in [3.8, 4) is 0 Å². The number of hydrogen-bond donors (Lipinski definition) is 0. The summed E-state index contributed by atoms with van der Waals surface area (Å²) in [6.45, 7) is 5.31. The number of imide groups is 1. The van der Waals surface area contributed by atoms with E-state index < -0.39 is 5.97 Å². The van der Waals surface area contributed by atoms with E-state index in [2.05, 4.69) is 6.58 Å². The van der Waals surface area contributed by atoms with Crippen LogP contribution in [0.4, 0.5) is 0 Å². The lowest BCUT2D eigenvalue weighted by atomic mass is 9.81. The zero-order chi connectivity index (χ0) is 18.4. The summed E-state index contributed by atoms with van der Waals surface area (Å²) in [4.78, 5) is 52.7. The maximum atomic E-state index is 12.2. The highest BCUT2D eigenvalue weighted by atomic mass is 16.7. The van der Waals surface area contributed by atoms with Crippen LogP contribution in [0, 0.1) is 11.8 Å². The molecule has 2 amide bonds. The van der Waals surface area contributed by atoms with Crippen LogP contribution < -0.4 is 0 Å². The van der Waals surface area contributed by atoms with Gasteiger partial charge >= 0.3 is 5.97 Å². The van der Waals surface area contributed by atoms with E-state index >= 15 is 0 Å². The normalized spacial score (nSPS) is 22.7. The topological polar surface area (TPSA) is 80.8 Å². The quantitative estimate of drug-likeness (QED) is 0.363. The second-order valence-corrected chi connectivity index (χ2v) is 7.05. The number of allylic oxidation sites excluding steroid dienone is 1. The third-order valence-corrected chi connectivity index (χ3v) is 5.00. The molecule has 0 aromatic heterocycles. The molecule has 1 saturated heterocycles. The van der Waals surface area contributed by atoms with Crippen molar-refractivity contribution in [3.05, 3.63) is 12.2 Å². The number of Topliss-reactive ketones (excluding diaryl/α,β-unsaturated/α-hetero) is 1. The van der Waals surface area contributed by atoms with Crippen molar-refractivity contribution in [2.75, 3.05) is 0 Å². The Balaban J connectivity index is 1.65. The average molecular weight is 349 g/mol. The molecule has 138 valence electrons. The molecule has 0 spiro atoms. The van der Waals surface area contributed by atoms with Crippen molar-refractivity contribution >= 4 is 23.6 Å². The van der Waals surface area contributed by atoms with E-state index in [0.717, 1.165) is 32.1 Å². The highest BCUT2D eigenvalue weighted by Crippen LogP contribution is 2.38. The third kappa shape index (κ3) is 5.00.